The number of benzene rings is 2. The zero-order valence-corrected chi connectivity index (χ0v) is 19.3. The van der Waals surface area contributed by atoms with Gasteiger partial charge in [-0.1, -0.05) is 61.3 Å². The van der Waals surface area contributed by atoms with Crippen LogP contribution in [0, 0.1) is 5.41 Å². The lowest BCUT2D eigenvalue weighted by Crippen LogP contribution is -2.30. The van der Waals surface area contributed by atoms with Crippen molar-refractivity contribution in [3.05, 3.63) is 69.2 Å². The second-order valence-corrected chi connectivity index (χ2v) is 7.61. The molecule has 6 nitrogen and oxygen atoms in total. The molecule has 2 rings (SSSR count). The van der Waals surface area contributed by atoms with Gasteiger partial charge in [0.25, 0.3) is 0 Å². The van der Waals surface area contributed by atoms with Crippen molar-refractivity contribution in [3.63, 3.8) is 0 Å². The number of carboxylic acid groups (broad SMARTS) is 1. The van der Waals surface area contributed by atoms with Crippen LogP contribution in [0.15, 0.2) is 42.5 Å². The predicted molar refractivity (Wildman–Crippen MR) is 126 cm³/mol. The number of carbonyl (C=O) groups is 2. The maximum atomic E-state index is 12.3. The first kappa shape index (κ1) is 26.5. The minimum atomic E-state index is -1.03. The molecule has 1 unspecified atom stereocenters. The molecule has 0 aliphatic carbocycles. The average Bonchev–Trinajstić information content (AvgIpc) is 2.71. The molecule has 2 aromatic carbocycles. The quantitative estimate of drug-likeness (QED) is 0.215. The van der Waals surface area contributed by atoms with Gasteiger partial charge in [-0.05, 0) is 48.6 Å². The van der Waals surface area contributed by atoms with E-state index in [1.54, 1.807) is 30.3 Å². The summed E-state index contributed by atoms with van der Waals surface area (Å²) in [5.74, 6) is -1.22. The van der Waals surface area contributed by atoms with E-state index in [4.69, 9.17) is 39.5 Å². The summed E-state index contributed by atoms with van der Waals surface area (Å²) in [6.07, 6.45) is 2.30. The molecule has 0 aromatic heterocycles. The number of aryl methyl sites for hydroxylation is 1. The number of amides is 1. The number of hydrogen-bond acceptors (Lipinski definition) is 3. The van der Waals surface area contributed by atoms with Gasteiger partial charge in [-0.2, -0.15) is 0 Å². The van der Waals surface area contributed by atoms with Crippen LogP contribution in [0.4, 0.5) is 0 Å². The Labute approximate surface area is 193 Å². The maximum Gasteiger partial charge on any atom is 0.305 e. The molecular weight excluding hydrogens is 437 g/mol. The van der Waals surface area contributed by atoms with E-state index >= 15 is 0 Å². The van der Waals surface area contributed by atoms with Crippen molar-refractivity contribution in [2.75, 3.05) is 0 Å². The van der Waals surface area contributed by atoms with Gasteiger partial charge >= 0.3 is 5.97 Å². The van der Waals surface area contributed by atoms with Gasteiger partial charge in [-0.3, -0.25) is 15.0 Å². The molecule has 1 atom stereocenters. The topological polar surface area (TPSA) is 116 Å². The van der Waals surface area contributed by atoms with Crippen molar-refractivity contribution < 1.29 is 14.7 Å². The van der Waals surface area contributed by atoms with E-state index in [-0.39, 0.29) is 24.6 Å². The van der Waals surface area contributed by atoms with Gasteiger partial charge in [-0.25, -0.2) is 0 Å². The number of amidine groups is 1. The summed E-state index contributed by atoms with van der Waals surface area (Å²) in [7, 11) is 0. The number of aliphatic carboxylic acids is 1. The fourth-order valence-corrected chi connectivity index (χ4v) is 3.48. The molecule has 0 saturated carbocycles. The number of hydrogen-bond donors (Lipinski definition) is 4. The van der Waals surface area contributed by atoms with Crippen LogP contribution < -0.4 is 11.1 Å². The standard InChI is InChI=1S/C21H23Cl2N3O3.C2H6/c22-16-9-15(10-17(23)11-16)18(12-20(28)29)26-19(27)4-2-1-3-13-5-7-14(8-6-13)21(24)25;1-2/h5-11,18H,1-4,12H2,(H3,24,25)(H,26,27)(H,28,29);1-2H3. The van der Waals surface area contributed by atoms with Crippen LogP contribution in [0.25, 0.3) is 0 Å². The van der Waals surface area contributed by atoms with Crippen molar-refractivity contribution in [1.29, 1.82) is 5.41 Å². The molecule has 8 heteroatoms. The second kappa shape index (κ2) is 13.7. The number of carbonyl (C=O) groups excluding carboxylic acids is 1. The van der Waals surface area contributed by atoms with E-state index < -0.39 is 12.0 Å². The first-order valence-corrected chi connectivity index (χ1v) is 10.9. The normalized spacial score (nSPS) is 11.1. The molecule has 0 aliphatic rings. The second-order valence-electron chi connectivity index (χ2n) is 6.74. The van der Waals surface area contributed by atoms with Crippen LogP contribution >= 0.6 is 23.2 Å². The monoisotopic (exact) mass is 465 g/mol. The molecule has 0 bridgehead atoms. The molecule has 168 valence electrons. The van der Waals surface area contributed by atoms with Crippen molar-refractivity contribution in [3.8, 4) is 0 Å². The third-order valence-corrected chi connectivity index (χ3v) is 4.82. The third kappa shape index (κ3) is 9.85. The highest BCUT2D eigenvalue weighted by atomic mass is 35.5. The van der Waals surface area contributed by atoms with Crippen molar-refractivity contribution >= 4 is 40.9 Å². The number of carboxylic acids is 1. The van der Waals surface area contributed by atoms with Gasteiger partial charge in [0.05, 0.1) is 12.5 Å². The Hall–Kier alpha value is -2.57. The molecule has 2 aromatic rings. The molecular formula is C23H29Cl2N3O3. The Morgan fingerprint density at radius 2 is 1.65 bits per heavy atom. The zero-order valence-electron chi connectivity index (χ0n) is 17.8. The van der Waals surface area contributed by atoms with Gasteiger partial charge in [0.2, 0.25) is 5.91 Å². The van der Waals surface area contributed by atoms with Gasteiger partial charge in [0.1, 0.15) is 5.84 Å². The van der Waals surface area contributed by atoms with E-state index in [0.717, 1.165) is 18.4 Å². The maximum absolute atomic E-state index is 12.3. The molecule has 0 saturated heterocycles. The predicted octanol–water partition coefficient (Wildman–Crippen LogP) is 5.35. The molecule has 0 aliphatic heterocycles. The molecule has 0 radical (unpaired) electrons. The molecule has 1 amide bonds. The number of nitrogens with two attached hydrogens (primary N) is 1. The summed E-state index contributed by atoms with van der Waals surface area (Å²) in [4.78, 5) is 23.5. The fourth-order valence-electron chi connectivity index (χ4n) is 2.94. The van der Waals surface area contributed by atoms with Gasteiger partial charge < -0.3 is 16.2 Å². The molecule has 31 heavy (non-hydrogen) atoms. The molecule has 0 spiro atoms. The molecule has 0 heterocycles. The SMILES string of the molecule is CC.N=C(N)c1ccc(CCCCC(=O)NC(CC(=O)O)c2cc(Cl)cc(Cl)c2)cc1. The number of halogens is 2. The minimum Gasteiger partial charge on any atom is -0.481 e. The molecule has 0 fully saturated rings. The van der Waals surface area contributed by atoms with Crippen LogP contribution in [0.2, 0.25) is 10.0 Å². The largest absolute Gasteiger partial charge is 0.481 e. The van der Waals surface area contributed by atoms with E-state index in [1.807, 2.05) is 26.0 Å². The summed E-state index contributed by atoms with van der Waals surface area (Å²) >= 11 is 12.0. The Bertz CT molecular complexity index is 866. The number of nitrogen functional groups attached to an aromatic ring is 1. The number of rotatable bonds is 10. The van der Waals surface area contributed by atoms with E-state index in [1.165, 1.54) is 0 Å². The Balaban J connectivity index is 0.00000233. The summed E-state index contributed by atoms with van der Waals surface area (Å²) in [5, 5.41) is 20.1. The van der Waals surface area contributed by atoms with Gasteiger partial charge in [0.15, 0.2) is 0 Å². The fraction of sp³-hybridized carbons (Fsp3) is 0.348. The first-order chi connectivity index (χ1) is 14.7. The zero-order chi connectivity index (χ0) is 23.4. The van der Waals surface area contributed by atoms with Crippen molar-refractivity contribution in [2.45, 2.75) is 52.0 Å². The van der Waals surface area contributed by atoms with Crippen LogP contribution in [0.5, 0.6) is 0 Å². The lowest BCUT2D eigenvalue weighted by Gasteiger charge is -2.18. The van der Waals surface area contributed by atoms with Crippen LogP contribution in [0.1, 0.15) is 62.3 Å². The highest BCUT2D eigenvalue weighted by Gasteiger charge is 2.19. The number of unbranched alkanes of at least 4 members (excludes halogenated alkanes) is 1. The lowest BCUT2D eigenvalue weighted by molar-refractivity contribution is -0.137. The van der Waals surface area contributed by atoms with Gasteiger partial charge in [-0.15, -0.1) is 0 Å². The summed E-state index contributed by atoms with van der Waals surface area (Å²) in [6, 6.07) is 11.5. The third-order valence-electron chi connectivity index (χ3n) is 4.39. The van der Waals surface area contributed by atoms with Gasteiger partial charge in [0, 0.05) is 22.0 Å². The smallest absolute Gasteiger partial charge is 0.305 e. The minimum absolute atomic E-state index is 0.0325. The first-order valence-electron chi connectivity index (χ1n) is 10.1. The Morgan fingerprint density at radius 3 is 2.16 bits per heavy atom. The van der Waals surface area contributed by atoms with Crippen LogP contribution in [-0.4, -0.2) is 22.8 Å². The average molecular weight is 466 g/mol. The van der Waals surface area contributed by atoms with Crippen molar-refractivity contribution in [1.82, 2.24) is 5.32 Å². The Morgan fingerprint density at radius 1 is 1.06 bits per heavy atom. The highest BCUT2D eigenvalue weighted by Crippen LogP contribution is 2.25. The van der Waals surface area contributed by atoms with E-state index in [2.05, 4.69) is 5.32 Å². The Kier molecular flexibility index (Phi) is 11.7. The summed E-state index contributed by atoms with van der Waals surface area (Å²) < 4.78 is 0. The van der Waals surface area contributed by atoms with Crippen LogP contribution in [-0.2, 0) is 16.0 Å². The molecule has 5 N–H and O–H groups in total. The highest BCUT2D eigenvalue weighted by molar-refractivity contribution is 6.34. The lowest BCUT2D eigenvalue weighted by atomic mass is 10.0. The van der Waals surface area contributed by atoms with Crippen molar-refractivity contribution in [2.24, 2.45) is 5.73 Å². The van der Waals surface area contributed by atoms with Crippen LogP contribution in [0.3, 0.4) is 0 Å². The van der Waals surface area contributed by atoms with E-state index in [9.17, 15) is 9.59 Å². The summed E-state index contributed by atoms with van der Waals surface area (Å²) in [6.45, 7) is 4.00. The number of nitrogens with one attached hydrogen (secondary N) is 2. The van der Waals surface area contributed by atoms with E-state index in [0.29, 0.717) is 27.6 Å². The summed E-state index contributed by atoms with van der Waals surface area (Å²) in [5.41, 5.74) is 7.78.